The molecule has 2 aliphatic rings. The number of aliphatic hydroxyl groups is 1. The Kier molecular flexibility index (Phi) is 7.61. The summed E-state index contributed by atoms with van der Waals surface area (Å²) in [4.78, 5) is 26.7. The number of methoxy groups -OCH3 is 1. The van der Waals surface area contributed by atoms with Gasteiger partial charge in [0.05, 0.1) is 28.8 Å². The van der Waals surface area contributed by atoms with Gasteiger partial charge in [0, 0.05) is 50.6 Å². The molecular formula is C27H33N5O6S. The number of hydrogen-bond donors (Lipinski definition) is 2. The van der Waals surface area contributed by atoms with Crippen LogP contribution in [0, 0.1) is 12.8 Å². The summed E-state index contributed by atoms with van der Waals surface area (Å²) < 4.78 is 34.2. The van der Waals surface area contributed by atoms with Crippen LogP contribution < -0.4 is 5.32 Å². The minimum Gasteiger partial charge on any atom is -0.453 e. The standard InChI is InChI=1S/C27H33N5O6S/c1-18-25(26(34)30-11-7-19(16-30)17-33)24-15-21(10-14-32(24)29-18)20-8-12-31(13-9-20)39(36,37)23-5-3-22(4-6-23)28-27(35)38-2/h3-6,10,14-15,19-20,33H,7-9,11-13,16-17H2,1-2H3,(H,28,35). The van der Waals surface area contributed by atoms with Crippen LogP contribution in [0.4, 0.5) is 10.5 Å². The molecule has 2 aromatic heterocycles. The molecule has 0 radical (unpaired) electrons. The van der Waals surface area contributed by atoms with Gasteiger partial charge in [-0.25, -0.2) is 17.7 Å². The van der Waals surface area contributed by atoms with Crippen molar-refractivity contribution in [2.75, 3.05) is 45.2 Å². The van der Waals surface area contributed by atoms with Crippen LogP contribution in [0.5, 0.6) is 0 Å². The number of likely N-dealkylation sites (tertiary alicyclic amines) is 1. The van der Waals surface area contributed by atoms with Crippen molar-refractivity contribution < 1.29 is 27.9 Å². The van der Waals surface area contributed by atoms with E-state index in [1.807, 2.05) is 25.3 Å². The van der Waals surface area contributed by atoms with Gasteiger partial charge in [0.1, 0.15) is 0 Å². The molecule has 0 aliphatic carbocycles. The first-order chi connectivity index (χ1) is 18.7. The number of sulfonamides is 1. The van der Waals surface area contributed by atoms with Crippen molar-refractivity contribution in [3.63, 3.8) is 0 Å². The van der Waals surface area contributed by atoms with Crippen molar-refractivity contribution in [3.8, 4) is 0 Å². The number of ether oxygens (including phenoxy) is 1. The summed E-state index contributed by atoms with van der Waals surface area (Å²) in [5.41, 5.74) is 3.50. The van der Waals surface area contributed by atoms with E-state index in [9.17, 15) is 23.1 Å². The number of aromatic nitrogens is 2. The zero-order chi connectivity index (χ0) is 27.7. The maximum atomic E-state index is 13.4. The maximum Gasteiger partial charge on any atom is 0.411 e. The molecule has 2 saturated heterocycles. The van der Waals surface area contributed by atoms with E-state index in [0.29, 0.717) is 56.0 Å². The molecule has 1 unspecified atom stereocenters. The monoisotopic (exact) mass is 555 g/mol. The molecule has 1 atom stereocenters. The number of pyridine rings is 1. The van der Waals surface area contributed by atoms with Crippen LogP contribution in [-0.2, 0) is 14.8 Å². The summed E-state index contributed by atoms with van der Waals surface area (Å²) in [6.45, 7) is 3.83. The Labute approximate surface area is 227 Å². The minimum absolute atomic E-state index is 0.0654. The van der Waals surface area contributed by atoms with E-state index in [0.717, 1.165) is 17.5 Å². The molecule has 0 spiro atoms. The topological polar surface area (TPSA) is 134 Å². The Morgan fingerprint density at radius 1 is 1.10 bits per heavy atom. The van der Waals surface area contributed by atoms with E-state index in [4.69, 9.17) is 0 Å². The maximum absolute atomic E-state index is 13.4. The predicted molar refractivity (Wildman–Crippen MR) is 144 cm³/mol. The van der Waals surface area contributed by atoms with E-state index in [2.05, 4.69) is 15.2 Å². The Balaban J connectivity index is 1.29. The largest absolute Gasteiger partial charge is 0.453 e. The van der Waals surface area contributed by atoms with Gasteiger partial charge in [0.15, 0.2) is 0 Å². The first kappa shape index (κ1) is 27.1. The van der Waals surface area contributed by atoms with Gasteiger partial charge in [-0.3, -0.25) is 10.1 Å². The Hall–Kier alpha value is -3.48. The molecule has 39 heavy (non-hydrogen) atoms. The average molecular weight is 556 g/mol. The van der Waals surface area contributed by atoms with E-state index in [-0.39, 0.29) is 29.2 Å². The molecule has 2 N–H and O–H groups in total. The van der Waals surface area contributed by atoms with Crippen LogP contribution in [0.2, 0.25) is 0 Å². The zero-order valence-electron chi connectivity index (χ0n) is 22.0. The highest BCUT2D eigenvalue weighted by molar-refractivity contribution is 7.89. The average Bonchev–Trinajstić information content (AvgIpc) is 3.56. The van der Waals surface area contributed by atoms with Gasteiger partial charge in [-0.2, -0.15) is 9.40 Å². The number of nitrogens with one attached hydrogen (secondary N) is 1. The van der Waals surface area contributed by atoms with E-state index < -0.39 is 16.1 Å². The smallest absolute Gasteiger partial charge is 0.411 e. The number of anilines is 1. The third-order valence-corrected chi connectivity index (χ3v) is 9.64. The summed E-state index contributed by atoms with van der Waals surface area (Å²) >= 11 is 0. The van der Waals surface area contributed by atoms with E-state index >= 15 is 0 Å². The number of amides is 2. The summed E-state index contributed by atoms with van der Waals surface area (Å²) in [6.07, 6.45) is 3.33. The van der Waals surface area contributed by atoms with Crippen molar-refractivity contribution in [1.82, 2.24) is 18.8 Å². The number of aryl methyl sites for hydroxylation is 1. The molecule has 1 aromatic carbocycles. The summed E-state index contributed by atoms with van der Waals surface area (Å²) in [7, 11) is -2.42. The van der Waals surface area contributed by atoms with Crippen LogP contribution in [-0.4, -0.2) is 84.2 Å². The molecule has 2 aliphatic heterocycles. The number of aliphatic hydroxyl groups excluding tert-OH is 1. The number of carbonyl (C=O) groups excluding carboxylic acids is 2. The second-order valence-corrected chi connectivity index (χ2v) is 12.1. The predicted octanol–water partition coefficient (Wildman–Crippen LogP) is 2.84. The van der Waals surface area contributed by atoms with Gasteiger partial charge in [-0.1, -0.05) is 0 Å². The Bertz CT molecular complexity index is 1480. The van der Waals surface area contributed by atoms with Crippen LogP contribution in [0.1, 0.15) is 46.8 Å². The molecular weight excluding hydrogens is 522 g/mol. The first-order valence-electron chi connectivity index (χ1n) is 13.1. The molecule has 11 nitrogen and oxygen atoms in total. The SMILES string of the molecule is COC(=O)Nc1ccc(S(=O)(=O)N2CCC(c3ccn4nc(C)c(C(=O)N5CCC(CO)C5)c4c3)CC2)cc1. The number of piperidine rings is 1. The molecule has 0 bridgehead atoms. The van der Waals surface area contributed by atoms with Crippen LogP contribution in [0.25, 0.3) is 5.52 Å². The van der Waals surface area contributed by atoms with Gasteiger partial charge in [0.2, 0.25) is 10.0 Å². The van der Waals surface area contributed by atoms with Crippen LogP contribution in [0.15, 0.2) is 47.5 Å². The summed E-state index contributed by atoms with van der Waals surface area (Å²) in [5, 5.41) is 16.5. The fraction of sp³-hybridized carbons (Fsp3) is 0.444. The number of fused-ring (bicyclic) bond motifs is 1. The minimum atomic E-state index is -3.68. The second kappa shape index (κ2) is 10.9. The Morgan fingerprint density at radius 3 is 2.46 bits per heavy atom. The van der Waals surface area contributed by atoms with Crippen molar-refractivity contribution in [3.05, 3.63) is 59.4 Å². The number of nitrogens with zero attached hydrogens (tertiary/aromatic N) is 4. The molecule has 208 valence electrons. The number of rotatable bonds is 6. The number of hydrogen-bond acceptors (Lipinski definition) is 7. The van der Waals surface area contributed by atoms with E-state index in [1.54, 1.807) is 9.42 Å². The molecule has 2 amide bonds. The normalized spacial score (nSPS) is 18.9. The van der Waals surface area contributed by atoms with Crippen molar-refractivity contribution in [2.24, 2.45) is 5.92 Å². The highest BCUT2D eigenvalue weighted by Gasteiger charge is 2.32. The van der Waals surface area contributed by atoms with Crippen molar-refractivity contribution in [1.29, 1.82) is 0 Å². The van der Waals surface area contributed by atoms with Gasteiger partial charge in [0.25, 0.3) is 5.91 Å². The highest BCUT2D eigenvalue weighted by atomic mass is 32.2. The van der Waals surface area contributed by atoms with Gasteiger partial charge >= 0.3 is 6.09 Å². The van der Waals surface area contributed by atoms with Crippen LogP contribution >= 0.6 is 0 Å². The third kappa shape index (κ3) is 5.36. The summed E-state index contributed by atoms with van der Waals surface area (Å²) in [6, 6.07) is 10.0. The second-order valence-electron chi connectivity index (χ2n) is 10.2. The fourth-order valence-electron chi connectivity index (χ4n) is 5.48. The van der Waals surface area contributed by atoms with Crippen molar-refractivity contribution >= 4 is 33.2 Å². The molecule has 3 aromatic rings. The van der Waals surface area contributed by atoms with Gasteiger partial charge < -0.3 is 14.7 Å². The number of benzene rings is 1. The first-order valence-corrected chi connectivity index (χ1v) is 14.5. The molecule has 12 heteroatoms. The molecule has 2 fully saturated rings. The number of carbonyl (C=O) groups is 2. The quantitative estimate of drug-likeness (QED) is 0.478. The molecule has 0 saturated carbocycles. The zero-order valence-corrected chi connectivity index (χ0v) is 22.9. The molecule has 5 rings (SSSR count). The highest BCUT2D eigenvalue weighted by Crippen LogP contribution is 2.33. The molecule has 4 heterocycles. The lowest BCUT2D eigenvalue weighted by Gasteiger charge is -2.31. The van der Waals surface area contributed by atoms with Gasteiger partial charge in [-0.05, 0) is 74.1 Å². The lowest BCUT2D eigenvalue weighted by Crippen LogP contribution is -2.37. The fourth-order valence-corrected chi connectivity index (χ4v) is 6.95. The summed E-state index contributed by atoms with van der Waals surface area (Å²) in [5.74, 6) is 0.198. The van der Waals surface area contributed by atoms with E-state index in [1.165, 1.54) is 35.7 Å². The Morgan fingerprint density at radius 2 is 1.82 bits per heavy atom. The van der Waals surface area contributed by atoms with Crippen molar-refractivity contribution in [2.45, 2.75) is 37.0 Å². The lowest BCUT2D eigenvalue weighted by atomic mass is 9.90. The van der Waals surface area contributed by atoms with Gasteiger partial charge in [-0.15, -0.1) is 0 Å². The lowest BCUT2D eigenvalue weighted by molar-refractivity contribution is 0.0783. The third-order valence-electron chi connectivity index (χ3n) is 7.73. The van der Waals surface area contributed by atoms with Crippen LogP contribution in [0.3, 0.4) is 0 Å².